The Morgan fingerprint density at radius 3 is 2.87 bits per heavy atom. The van der Waals surface area contributed by atoms with Crippen molar-refractivity contribution in [1.29, 1.82) is 0 Å². The molecular formula is C24H27ClN4O2. The van der Waals surface area contributed by atoms with E-state index in [2.05, 4.69) is 29.1 Å². The van der Waals surface area contributed by atoms with Crippen LogP contribution in [0.2, 0.25) is 0 Å². The molecule has 1 N–H and O–H groups in total. The molecule has 0 radical (unpaired) electrons. The molecule has 3 heterocycles. The SMILES string of the molecule is Cc1c(CN(C)C(=O)/C=C/c2cnc3c(c2)C=NC(C)(C)CN3)oc2ccccc12.Cl. The fourth-order valence-corrected chi connectivity index (χ4v) is 3.39. The van der Waals surface area contributed by atoms with Crippen LogP contribution in [0.5, 0.6) is 0 Å². The minimum Gasteiger partial charge on any atom is -0.459 e. The highest BCUT2D eigenvalue weighted by Gasteiger charge is 2.19. The van der Waals surface area contributed by atoms with Gasteiger partial charge in [0.2, 0.25) is 5.91 Å². The Kier molecular flexibility index (Phi) is 6.51. The zero-order chi connectivity index (χ0) is 21.3. The molecule has 1 amide bonds. The molecule has 0 spiro atoms. The lowest BCUT2D eigenvalue weighted by molar-refractivity contribution is -0.125. The number of nitrogens with zero attached hydrogens (tertiary/aromatic N) is 3. The number of likely N-dealkylation sites (N-methyl/N-ethyl adjacent to an activating group) is 1. The lowest BCUT2D eigenvalue weighted by Gasteiger charge is -2.17. The number of aryl methyl sites for hydroxylation is 1. The first-order valence-electron chi connectivity index (χ1n) is 10.0. The van der Waals surface area contributed by atoms with Crippen LogP contribution in [0.1, 0.15) is 36.3 Å². The number of rotatable bonds is 4. The van der Waals surface area contributed by atoms with Crippen molar-refractivity contribution in [2.24, 2.45) is 4.99 Å². The quantitative estimate of drug-likeness (QED) is 0.591. The predicted octanol–water partition coefficient (Wildman–Crippen LogP) is 4.85. The molecule has 4 rings (SSSR count). The van der Waals surface area contributed by atoms with Gasteiger partial charge in [0, 0.05) is 48.6 Å². The maximum Gasteiger partial charge on any atom is 0.246 e. The smallest absolute Gasteiger partial charge is 0.246 e. The number of hydrogen-bond donors (Lipinski definition) is 1. The molecule has 31 heavy (non-hydrogen) atoms. The maximum atomic E-state index is 12.6. The van der Waals surface area contributed by atoms with Crippen LogP contribution in [-0.2, 0) is 11.3 Å². The number of para-hydroxylation sites is 1. The van der Waals surface area contributed by atoms with E-state index in [-0.39, 0.29) is 23.9 Å². The fraction of sp³-hybridized carbons (Fsp3) is 0.292. The van der Waals surface area contributed by atoms with Gasteiger partial charge in [0.05, 0.1) is 12.1 Å². The summed E-state index contributed by atoms with van der Waals surface area (Å²) < 4.78 is 5.92. The van der Waals surface area contributed by atoms with Gasteiger partial charge in [-0.1, -0.05) is 18.2 Å². The van der Waals surface area contributed by atoms with E-state index in [1.807, 2.05) is 43.5 Å². The van der Waals surface area contributed by atoms with Gasteiger partial charge in [-0.25, -0.2) is 4.98 Å². The number of aromatic nitrogens is 1. The summed E-state index contributed by atoms with van der Waals surface area (Å²) in [4.78, 5) is 23.3. The van der Waals surface area contributed by atoms with Crippen molar-refractivity contribution in [2.45, 2.75) is 32.9 Å². The number of carbonyl (C=O) groups excluding carboxylic acids is 1. The number of fused-ring (bicyclic) bond motifs is 2. The van der Waals surface area contributed by atoms with Gasteiger partial charge < -0.3 is 14.6 Å². The van der Waals surface area contributed by atoms with Gasteiger partial charge in [-0.05, 0) is 44.5 Å². The summed E-state index contributed by atoms with van der Waals surface area (Å²) in [6.07, 6.45) is 6.94. The van der Waals surface area contributed by atoms with E-state index in [4.69, 9.17) is 4.42 Å². The van der Waals surface area contributed by atoms with Crippen LogP contribution in [0.4, 0.5) is 5.82 Å². The van der Waals surface area contributed by atoms with Gasteiger partial charge in [-0.2, -0.15) is 0 Å². The van der Waals surface area contributed by atoms with Crippen molar-refractivity contribution in [3.63, 3.8) is 0 Å². The number of furan rings is 1. The molecule has 1 aliphatic heterocycles. The molecule has 1 aliphatic rings. The van der Waals surface area contributed by atoms with Gasteiger partial charge in [0.25, 0.3) is 0 Å². The van der Waals surface area contributed by atoms with Crippen molar-refractivity contribution in [3.8, 4) is 0 Å². The predicted molar refractivity (Wildman–Crippen MR) is 128 cm³/mol. The van der Waals surface area contributed by atoms with E-state index in [0.29, 0.717) is 6.54 Å². The van der Waals surface area contributed by atoms with Crippen LogP contribution in [0.15, 0.2) is 52.0 Å². The van der Waals surface area contributed by atoms with Crippen LogP contribution >= 0.6 is 12.4 Å². The number of halogens is 1. The van der Waals surface area contributed by atoms with E-state index >= 15 is 0 Å². The highest BCUT2D eigenvalue weighted by molar-refractivity contribution is 5.93. The number of nitrogens with one attached hydrogen (secondary N) is 1. The fourth-order valence-electron chi connectivity index (χ4n) is 3.39. The topological polar surface area (TPSA) is 70.7 Å². The maximum absolute atomic E-state index is 12.6. The molecular weight excluding hydrogens is 412 g/mol. The molecule has 0 atom stereocenters. The Labute approximate surface area is 188 Å². The lowest BCUT2D eigenvalue weighted by atomic mass is 10.1. The molecule has 0 aliphatic carbocycles. The Bertz CT molecular complexity index is 1160. The third-order valence-electron chi connectivity index (χ3n) is 5.30. The van der Waals surface area contributed by atoms with Crippen molar-refractivity contribution in [2.75, 3.05) is 18.9 Å². The summed E-state index contributed by atoms with van der Waals surface area (Å²) in [5, 5.41) is 4.41. The highest BCUT2D eigenvalue weighted by Crippen LogP contribution is 2.26. The zero-order valence-corrected chi connectivity index (χ0v) is 19.0. The molecule has 0 saturated heterocycles. The molecule has 6 nitrogen and oxygen atoms in total. The minimum atomic E-state index is -0.176. The highest BCUT2D eigenvalue weighted by atomic mass is 35.5. The first-order chi connectivity index (χ1) is 14.3. The first-order valence-corrected chi connectivity index (χ1v) is 10.0. The van der Waals surface area contributed by atoms with Crippen LogP contribution in [0.3, 0.4) is 0 Å². The van der Waals surface area contributed by atoms with Crippen LogP contribution in [0.25, 0.3) is 17.0 Å². The molecule has 7 heteroatoms. The van der Waals surface area contributed by atoms with E-state index in [9.17, 15) is 4.79 Å². The second kappa shape index (κ2) is 8.94. The number of benzene rings is 1. The Hall–Kier alpha value is -3.12. The van der Waals surface area contributed by atoms with E-state index in [1.54, 1.807) is 30.3 Å². The third-order valence-corrected chi connectivity index (χ3v) is 5.30. The second-order valence-corrected chi connectivity index (χ2v) is 8.30. The number of hydrogen-bond acceptors (Lipinski definition) is 5. The molecule has 0 bridgehead atoms. The van der Waals surface area contributed by atoms with Crippen LogP contribution in [-0.4, -0.2) is 41.1 Å². The number of carbonyl (C=O) groups is 1. The third kappa shape index (κ3) is 4.97. The molecule has 0 unspecified atom stereocenters. The molecule has 0 fully saturated rings. The summed E-state index contributed by atoms with van der Waals surface area (Å²) in [6, 6.07) is 9.89. The van der Waals surface area contributed by atoms with Crippen molar-refractivity contribution < 1.29 is 9.21 Å². The van der Waals surface area contributed by atoms with E-state index in [1.165, 1.54) is 0 Å². The Morgan fingerprint density at radius 2 is 2.10 bits per heavy atom. The Balaban J connectivity index is 0.00000272. The van der Waals surface area contributed by atoms with Gasteiger partial charge in [0.1, 0.15) is 17.2 Å². The lowest BCUT2D eigenvalue weighted by Crippen LogP contribution is -2.26. The van der Waals surface area contributed by atoms with Crippen LogP contribution in [0, 0.1) is 6.92 Å². The molecule has 1 aromatic carbocycles. The normalized spacial score (nSPS) is 14.6. The number of amides is 1. The van der Waals surface area contributed by atoms with Gasteiger partial charge in [0.15, 0.2) is 0 Å². The molecule has 0 saturated carbocycles. The van der Waals surface area contributed by atoms with E-state index in [0.717, 1.165) is 45.8 Å². The van der Waals surface area contributed by atoms with Crippen molar-refractivity contribution >= 4 is 47.4 Å². The summed E-state index contributed by atoms with van der Waals surface area (Å²) in [7, 11) is 1.77. The number of aliphatic imine (C=N–C) groups is 1. The van der Waals surface area contributed by atoms with Crippen molar-refractivity contribution in [3.05, 3.63) is 65.1 Å². The summed E-state index contributed by atoms with van der Waals surface area (Å²) in [5.74, 6) is 1.51. The van der Waals surface area contributed by atoms with E-state index < -0.39 is 0 Å². The van der Waals surface area contributed by atoms with Gasteiger partial charge in [-0.15, -0.1) is 12.4 Å². The summed E-state index contributed by atoms with van der Waals surface area (Å²) >= 11 is 0. The second-order valence-electron chi connectivity index (χ2n) is 8.30. The minimum absolute atomic E-state index is 0. The van der Waals surface area contributed by atoms with Crippen LogP contribution < -0.4 is 5.32 Å². The van der Waals surface area contributed by atoms with Gasteiger partial charge in [-0.3, -0.25) is 9.79 Å². The summed E-state index contributed by atoms with van der Waals surface area (Å²) in [5.41, 5.74) is 3.50. The Morgan fingerprint density at radius 1 is 1.32 bits per heavy atom. The molecule has 3 aromatic rings. The molecule has 2 aromatic heterocycles. The monoisotopic (exact) mass is 438 g/mol. The van der Waals surface area contributed by atoms with Crippen molar-refractivity contribution in [1.82, 2.24) is 9.88 Å². The zero-order valence-electron chi connectivity index (χ0n) is 18.2. The van der Waals surface area contributed by atoms with Gasteiger partial charge >= 0.3 is 0 Å². The average molecular weight is 439 g/mol. The molecule has 162 valence electrons. The standard InChI is InChI=1S/C24H26N4O2.ClH/c1-16-19-7-5-6-8-20(19)30-21(16)14-28(4)22(29)10-9-17-11-18-13-27-24(2,3)15-26-23(18)25-12-17;/h5-13H,14-15H2,1-4H3,(H,25,26);1H/b10-9+;. The number of anilines is 1. The largest absolute Gasteiger partial charge is 0.459 e. The summed E-state index contributed by atoms with van der Waals surface area (Å²) in [6.45, 7) is 7.30. The first kappa shape index (κ1) is 22.6. The number of pyridine rings is 1. The average Bonchev–Trinajstić information content (AvgIpc) is 2.95.